The van der Waals surface area contributed by atoms with Crippen LogP contribution in [0.4, 0.5) is 0 Å². The molecule has 2 amide bonds. The van der Waals surface area contributed by atoms with Gasteiger partial charge in [0.25, 0.3) is 5.91 Å². The Morgan fingerprint density at radius 3 is 2.43 bits per heavy atom. The van der Waals surface area contributed by atoms with E-state index in [2.05, 4.69) is 15.6 Å². The van der Waals surface area contributed by atoms with Crippen LogP contribution in [0.2, 0.25) is 0 Å². The fourth-order valence-corrected chi connectivity index (χ4v) is 2.43. The second-order valence-electron chi connectivity index (χ2n) is 5.67. The maximum Gasteiger partial charge on any atom is 0.340 e. The van der Waals surface area contributed by atoms with E-state index in [0.29, 0.717) is 35.6 Å². The first-order chi connectivity index (χ1) is 11.0. The number of carbonyl (C=O) groups is 3. The minimum atomic E-state index is -0.436. The van der Waals surface area contributed by atoms with Gasteiger partial charge in [-0.05, 0) is 39.2 Å². The molecule has 7 nitrogen and oxygen atoms in total. The molecule has 126 valence electrons. The molecule has 0 radical (unpaired) electrons. The number of nitrogens with one attached hydrogen (secondary N) is 3. The molecular weight excluding hydrogens is 298 g/mol. The Bertz CT molecular complexity index is 617. The predicted octanol–water partition coefficient (Wildman–Crippen LogP) is 1.06. The van der Waals surface area contributed by atoms with E-state index < -0.39 is 5.97 Å². The highest BCUT2D eigenvalue weighted by molar-refractivity contribution is 6.00. The van der Waals surface area contributed by atoms with E-state index in [1.54, 1.807) is 20.8 Å². The normalized spacial score (nSPS) is 13.5. The van der Waals surface area contributed by atoms with Gasteiger partial charge < -0.3 is 20.4 Å². The Morgan fingerprint density at radius 1 is 1.17 bits per heavy atom. The first kappa shape index (κ1) is 17.1. The number of hydrogen-bond acceptors (Lipinski definition) is 4. The van der Waals surface area contributed by atoms with Crippen LogP contribution in [-0.4, -0.2) is 42.5 Å². The summed E-state index contributed by atoms with van der Waals surface area (Å²) in [7, 11) is 0. The van der Waals surface area contributed by atoms with Gasteiger partial charge in [0.15, 0.2) is 0 Å². The van der Waals surface area contributed by atoms with Gasteiger partial charge in [-0.3, -0.25) is 9.59 Å². The second-order valence-corrected chi connectivity index (χ2v) is 5.67. The number of aryl methyl sites for hydroxylation is 1. The summed E-state index contributed by atoms with van der Waals surface area (Å²) in [6.45, 7) is 6.18. The van der Waals surface area contributed by atoms with Gasteiger partial charge in [-0.1, -0.05) is 0 Å². The fraction of sp³-hybridized carbons (Fsp3) is 0.562. The highest BCUT2D eigenvalue weighted by atomic mass is 16.5. The molecule has 2 rings (SSSR count). The standard InChI is InChI=1S/C16H23N3O4/c1-4-23-16(22)12-9(2)13(19-10(12)3)15(21)18-8-7-17-14(20)11-5-6-11/h11,19H,4-8H2,1-3H3,(H,17,20)(H,18,21). The van der Waals surface area contributed by atoms with Gasteiger partial charge in [-0.15, -0.1) is 0 Å². The molecule has 1 heterocycles. The number of carbonyl (C=O) groups excluding carboxylic acids is 3. The summed E-state index contributed by atoms with van der Waals surface area (Å²) in [5.74, 6) is -0.529. The number of ether oxygens (including phenoxy) is 1. The molecule has 0 aromatic carbocycles. The van der Waals surface area contributed by atoms with Gasteiger partial charge in [-0.25, -0.2) is 4.79 Å². The van der Waals surface area contributed by atoms with Crippen LogP contribution in [0.5, 0.6) is 0 Å². The SMILES string of the molecule is CCOC(=O)c1c(C)[nH]c(C(=O)NCCNC(=O)C2CC2)c1C. The van der Waals surface area contributed by atoms with Crippen molar-refractivity contribution in [3.8, 4) is 0 Å². The van der Waals surface area contributed by atoms with Gasteiger partial charge >= 0.3 is 5.97 Å². The Labute approximate surface area is 135 Å². The number of rotatable bonds is 7. The Balaban J connectivity index is 1.90. The molecule has 1 aliphatic rings. The fourth-order valence-electron chi connectivity index (χ4n) is 2.43. The van der Waals surface area contributed by atoms with E-state index >= 15 is 0 Å². The molecule has 0 aliphatic heterocycles. The molecule has 1 aromatic rings. The van der Waals surface area contributed by atoms with Crippen LogP contribution in [-0.2, 0) is 9.53 Å². The van der Waals surface area contributed by atoms with Gasteiger partial charge in [0, 0.05) is 24.7 Å². The topological polar surface area (TPSA) is 100 Å². The Hall–Kier alpha value is -2.31. The molecule has 0 atom stereocenters. The predicted molar refractivity (Wildman–Crippen MR) is 84.3 cm³/mol. The highest BCUT2D eigenvalue weighted by Crippen LogP contribution is 2.28. The van der Waals surface area contributed by atoms with Crippen LogP contribution < -0.4 is 10.6 Å². The zero-order valence-electron chi connectivity index (χ0n) is 13.7. The largest absolute Gasteiger partial charge is 0.462 e. The molecule has 1 aliphatic carbocycles. The van der Waals surface area contributed by atoms with Crippen LogP contribution in [0, 0.1) is 19.8 Å². The molecular formula is C16H23N3O4. The molecule has 23 heavy (non-hydrogen) atoms. The average molecular weight is 321 g/mol. The summed E-state index contributed by atoms with van der Waals surface area (Å²) >= 11 is 0. The van der Waals surface area contributed by atoms with E-state index in [9.17, 15) is 14.4 Å². The first-order valence-corrected chi connectivity index (χ1v) is 7.87. The number of aromatic nitrogens is 1. The van der Waals surface area contributed by atoms with Crippen molar-refractivity contribution in [1.29, 1.82) is 0 Å². The summed E-state index contributed by atoms with van der Waals surface area (Å²) in [6, 6.07) is 0. The van der Waals surface area contributed by atoms with Crippen molar-refractivity contribution in [2.75, 3.05) is 19.7 Å². The van der Waals surface area contributed by atoms with Crippen LogP contribution in [0.15, 0.2) is 0 Å². The summed E-state index contributed by atoms with van der Waals surface area (Å²) in [4.78, 5) is 38.5. The lowest BCUT2D eigenvalue weighted by Gasteiger charge is -2.06. The van der Waals surface area contributed by atoms with Gasteiger partial charge in [0.2, 0.25) is 5.91 Å². The van der Waals surface area contributed by atoms with Crippen molar-refractivity contribution < 1.29 is 19.1 Å². The van der Waals surface area contributed by atoms with Crippen molar-refractivity contribution in [2.45, 2.75) is 33.6 Å². The molecule has 1 aromatic heterocycles. The van der Waals surface area contributed by atoms with Crippen molar-refractivity contribution in [3.05, 3.63) is 22.5 Å². The summed E-state index contributed by atoms with van der Waals surface area (Å²) < 4.78 is 5.00. The van der Waals surface area contributed by atoms with Gasteiger partial charge in [-0.2, -0.15) is 0 Å². The molecule has 3 N–H and O–H groups in total. The average Bonchev–Trinajstić information content (AvgIpc) is 3.29. The monoisotopic (exact) mass is 321 g/mol. The maximum absolute atomic E-state index is 12.2. The molecule has 0 spiro atoms. The number of amides is 2. The van der Waals surface area contributed by atoms with Crippen LogP contribution in [0.1, 0.15) is 51.9 Å². The minimum Gasteiger partial charge on any atom is -0.462 e. The van der Waals surface area contributed by atoms with E-state index in [4.69, 9.17) is 4.74 Å². The third-order valence-corrected chi connectivity index (χ3v) is 3.80. The zero-order chi connectivity index (χ0) is 17.0. The highest BCUT2D eigenvalue weighted by Gasteiger charge is 2.29. The van der Waals surface area contributed by atoms with E-state index in [0.717, 1.165) is 12.8 Å². The molecule has 0 bridgehead atoms. The lowest BCUT2D eigenvalue weighted by atomic mass is 10.1. The van der Waals surface area contributed by atoms with Gasteiger partial charge in [0.1, 0.15) is 5.69 Å². The van der Waals surface area contributed by atoms with E-state index in [1.165, 1.54) is 0 Å². The Morgan fingerprint density at radius 2 is 1.83 bits per heavy atom. The summed E-state index contributed by atoms with van der Waals surface area (Å²) in [6.07, 6.45) is 1.91. The molecule has 1 saturated carbocycles. The lowest BCUT2D eigenvalue weighted by molar-refractivity contribution is -0.122. The lowest BCUT2D eigenvalue weighted by Crippen LogP contribution is -2.35. The number of hydrogen-bond donors (Lipinski definition) is 3. The summed E-state index contributed by atoms with van der Waals surface area (Å²) in [5, 5.41) is 5.51. The van der Waals surface area contributed by atoms with Crippen molar-refractivity contribution in [3.63, 3.8) is 0 Å². The van der Waals surface area contributed by atoms with E-state index in [1.807, 2.05) is 0 Å². The number of aromatic amines is 1. The van der Waals surface area contributed by atoms with Crippen LogP contribution in [0.25, 0.3) is 0 Å². The molecule has 0 unspecified atom stereocenters. The van der Waals surface area contributed by atoms with Crippen molar-refractivity contribution in [2.24, 2.45) is 5.92 Å². The van der Waals surface area contributed by atoms with Crippen molar-refractivity contribution in [1.82, 2.24) is 15.6 Å². The first-order valence-electron chi connectivity index (χ1n) is 7.87. The smallest absolute Gasteiger partial charge is 0.340 e. The second kappa shape index (κ2) is 7.30. The molecule has 7 heteroatoms. The Kier molecular flexibility index (Phi) is 5.41. The van der Waals surface area contributed by atoms with Gasteiger partial charge in [0.05, 0.1) is 12.2 Å². The summed E-state index contributed by atoms with van der Waals surface area (Å²) in [5.41, 5.74) is 1.92. The third-order valence-electron chi connectivity index (χ3n) is 3.80. The number of H-pyrrole nitrogens is 1. The van der Waals surface area contributed by atoms with Crippen molar-refractivity contribution >= 4 is 17.8 Å². The van der Waals surface area contributed by atoms with Crippen LogP contribution in [0.3, 0.4) is 0 Å². The number of esters is 1. The third kappa shape index (κ3) is 4.12. The van der Waals surface area contributed by atoms with E-state index in [-0.39, 0.29) is 24.3 Å². The minimum absolute atomic E-state index is 0.0516. The van der Waals surface area contributed by atoms with Crippen LogP contribution >= 0.6 is 0 Å². The molecule has 1 fully saturated rings. The quantitative estimate of drug-likeness (QED) is 0.516. The maximum atomic E-state index is 12.2. The zero-order valence-corrected chi connectivity index (χ0v) is 13.7. The molecule has 0 saturated heterocycles.